The van der Waals surface area contributed by atoms with E-state index in [0.29, 0.717) is 23.5 Å². The lowest BCUT2D eigenvalue weighted by molar-refractivity contribution is 0.495. The second-order valence-corrected chi connectivity index (χ2v) is 4.29. The highest BCUT2D eigenvalue weighted by Crippen LogP contribution is 2.01. The molecule has 2 aromatic rings. The molecule has 0 saturated heterocycles. The topological polar surface area (TPSA) is 83.5 Å². The number of H-pyrrole nitrogens is 2. The molecule has 2 heterocycles. The molecule has 0 aliphatic rings. The van der Waals surface area contributed by atoms with Gasteiger partial charge >= 0.3 is 5.69 Å². The van der Waals surface area contributed by atoms with Crippen molar-refractivity contribution in [2.75, 3.05) is 0 Å². The monoisotopic (exact) mass is 222 g/mol. The van der Waals surface area contributed by atoms with Gasteiger partial charge in [-0.05, 0) is 12.8 Å². The first-order valence-electron chi connectivity index (χ1n) is 5.18. The van der Waals surface area contributed by atoms with Gasteiger partial charge in [-0.2, -0.15) is 0 Å². The average Bonchev–Trinajstić information content (AvgIpc) is 2.53. The van der Waals surface area contributed by atoms with Crippen LogP contribution < -0.4 is 11.2 Å². The fourth-order valence-corrected chi connectivity index (χ4v) is 1.66. The summed E-state index contributed by atoms with van der Waals surface area (Å²) in [5.74, 6) is 0.852. The molecule has 0 saturated carbocycles. The highest BCUT2D eigenvalue weighted by atomic mass is 16.2. The number of imidazole rings is 1. The van der Waals surface area contributed by atoms with E-state index in [1.807, 2.05) is 13.8 Å². The maximum Gasteiger partial charge on any atom is 0.330 e. The third-order valence-corrected chi connectivity index (χ3v) is 2.30. The van der Waals surface area contributed by atoms with Crippen LogP contribution in [0.2, 0.25) is 0 Å². The van der Waals surface area contributed by atoms with Gasteiger partial charge in [0.05, 0.1) is 0 Å². The Kier molecular flexibility index (Phi) is 2.41. The Morgan fingerprint density at radius 3 is 2.62 bits per heavy atom. The summed E-state index contributed by atoms with van der Waals surface area (Å²) in [5, 5.41) is 0. The molecular weight excluding hydrogens is 208 g/mol. The number of rotatable bonds is 2. The van der Waals surface area contributed by atoms with Crippen molar-refractivity contribution in [2.24, 2.45) is 5.92 Å². The molecule has 0 aliphatic heterocycles. The minimum absolute atomic E-state index is 0.236. The summed E-state index contributed by atoms with van der Waals surface area (Å²) in [6, 6.07) is 0. The molecule has 0 unspecified atom stereocenters. The van der Waals surface area contributed by atoms with Crippen LogP contribution in [0.1, 0.15) is 19.7 Å². The molecule has 0 amide bonds. The van der Waals surface area contributed by atoms with Crippen LogP contribution in [0.15, 0.2) is 9.59 Å². The van der Waals surface area contributed by atoms with Crippen LogP contribution in [0.3, 0.4) is 0 Å². The van der Waals surface area contributed by atoms with Gasteiger partial charge < -0.3 is 4.98 Å². The van der Waals surface area contributed by atoms with Crippen LogP contribution in [0.25, 0.3) is 11.2 Å². The first-order chi connectivity index (χ1) is 7.49. The molecule has 86 valence electrons. The van der Waals surface area contributed by atoms with E-state index in [-0.39, 0.29) is 11.5 Å². The summed E-state index contributed by atoms with van der Waals surface area (Å²) >= 11 is 0. The van der Waals surface area contributed by atoms with E-state index in [1.54, 1.807) is 6.92 Å². The third kappa shape index (κ3) is 1.66. The molecule has 0 aromatic carbocycles. The Hall–Kier alpha value is -1.85. The lowest BCUT2D eigenvalue weighted by Gasteiger charge is -2.06. The standard InChI is InChI=1S/C10H14N4O2/c1-5(2)4-14-9(15)7-8(13-10(14)16)12-6(3)11-7/h5H,4H2,1-3H3,(H,11,12)(H,13,16). The van der Waals surface area contributed by atoms with Gasteiger partial charge in [-0.15, -0.1) is 0 Å². The fraction of sp³-hybridized carbons (Fsp3) is 0.500. The predicted octanol–water partition coefficient (Wildman–Crippen LogP) is 0.377. The number of fused-ring (bicyclic) bond motifs is 1. The molecule has 0 spiro atoms. The lowest BCUT2D eigenvalue weighted by Crippen LogP contribution is -2.36. The highest BCUT2D eigenvalue weighted by molar-refractivity contribution is 5.68. The summed E-state index contributed by atoms with van der Waals surface area (Å²) in [6.07, 6.45) is 0. The molecule has 0 radical (unpaired) electrons. The summed E-state index contributed by atoms with van der Waals surface area (Å²) in [5.41, 5.74) is -0.0315. The van der Waals surface area contributed by atoms with Crippen LogP contribution in [-0.2, 0) is 6.54 Å². The summed E-state index contributed by atoms with van der Waals surface area (Å²) in [7, 11) is 0. The molecule has 16 heavy (non-hydrogen) atoms. The SMILES string of the molecule is Cc1nc2[nH]c(=O)n(CC(C)C)c(=O)c2[nH]1. The Bertz CT molecular complexity index is 632. The van der Waals surface area contributed by atoms with Gasteiger partial charge in [-0.25, -0.2) is 9.78 Å². The molecule has 2 aromatic heterocycles. The Morgan fingerprint density at radius 1 is 1.31 bits per heavy atom. The molecule has 2 rings (SSSR count). The second kappa shape index (κ2) is 3.62. The molecule has 0 aliphatic carbocycles. The molecule has 6 heteroatoms. The van der Waals surface area contributed by atoms with Gasteiger partial charge in [-0.1, -0.05) is 13.8 Å². The molecule has 2 N–H and O–H groups in total. The number of aromatic amines is 2. The minimum Gasteiger partial charge on any atom is -0.336 e. The zero-order valence-corrected chi connectivity index (χ0v) is 9.50. The Labute approximate surface area is 91.3 Å². The van der Waals surface area contributed by atoms with Crippen molar-refractivity contribution >= 4 is 11.2 Å². The molecule has 0 bridgehead atoms. The van der Waals surface area contributed by atoms with E-state index in [0.717, 1.165) is 0 Å². The molecule has 0 fully saturated rings. The summed E-state index contributed by atoms with van der Waals surface area (Å²) < 4.78 is 1.20. The number of aromatic nitrogens is 4. The van der Waals surface area contributed by atoms with Gasteiger partial charge in [0.1, 0.15) is 11.3 Å². The first-order valence-corrected chi connectivity index (χ1v) is 5.18. The molecule has 0 atom stereocenters. The van der Waals surface area contributed by atoms with Crippen LogP contribution in [-0.4, -0.2) is 19.5 Å². The zero-order chi connectivity index (χ0) is 11.9. The minimum atomic E-state index is -0.405. The first kappa shape index (κ1) is 10.7. The van der Waals surface area contributed by atoms with Crippen LogP contribution >= 0.6 is 0 Å². The predicted molar refractivity (Wildman–Crippen MR) is 60.5 cm³/mol. The van der Waals surface area contributed by atoms with Crippen molar-refractivity contribution in [1.29, 1.82) is 0 Å². The van der Waals surface area contributed by atoms with Crippen molar-refractivity contribution in [2.45, 2.75) is 27.3 Å². The summed E-state index contributed by atoms with van der Waals surface area (Å²) in [6.45, 7) is 6.05. The van der Waals surface area contributed by atoms with E-state index in [1.165, 1.54) is 4.57 Å². The van der Waals surface area contributed by atoms with Gasteiger partial charge in [0.15, 0.2) is 5.65 Å². The normalized spacial score (nSPS) is 11.5. The van der Waals surface area contributed by atoms with E-state index < -0.39 is 5.69 Å². The number of hydrogen-bond acceptors (Lipinski definition) is 3. The highest BCUT2D eigenvalue weighted by Gasteiger charge is 2.11. The van der Waals surface area contributed by atoms with Crippen molar-refractivity contribution < 1.29 is 0 Å². The van der Waals surface area contributed by atoms with E-state index in [2.05, 4.69) is 15.0 Å². The fourth-order valence-electron chi connectivity index (χ4n) is 1.66. The number of hydrogen-bond donors (Lipinski definition) is 2. The van der Waals surface area contributed by atoms with Crippen molar-refractivity contribution in [3.8, 4) is 0 Å². The zero-order valence-electron chi connectivity index (χ0n) is 9.50. The molecular formula is C10H14N4O2. The largest absolute Gasteiger partial charge is 0.336 e. The Balaban J connectivity index is 2.75. The van der Waals surface area contributed by atoms with Gasteiger partial charge in [0.25, 0.3) is 5.56 Å². The van der Waals surface area contributed by atoms with Crippen molar-refractivity contribution in [3.05, 3.63) is 26.7 Å². The van der Waals surface area contributed by atoms with Crippen LogP contribution in [0.4, 0.5) is 0 Å². The van der Waals surface area contributed by atoms with Gasteiger partial charge in [-0.3, -0.25) is 14.3 Å². The lowest BCUT2D eigenvalue weighted by atomic mass is 10.2. The summed E-state index contributed by atoms with van der Waals surface area (Å²) in [4.78, 5) is 33.1. The van der Waals surface area contributed by atoms with Crippen LogP contribution in [0.5, 0.6) is 0 Å². The van der Waals surface area contributed by atoms with Crippen LogP contribution in [0, 0.1) is 12.8 Å². The number of nitrogens with one attached hydrogen (secondary N) is 2. The average molecular weight is 222 g/mol. The smallest absolute Gasteiger partial charge is 0.330 e. The van der Waals surface area contributed by atoms with E-state index in [9.17, 15) is 9.59 Å². The maximum absolute atomic E-state index is 12.0. The Morgan fingerprint density at radius 2 is 2.00 bits per heavy atom. The molecule has 6 nitrogen and oxygen atoms in total. The van der Waals surface area contributed by atoms with Gasteiger partial charge in [0.2, 0.25) is 0 Å². The quantitative estimate of drug-likeness (QED) is 0.770. The van der Waals surface area contributed by atoms with E-state index in [4.69, 9.17) is 0 Å². The number of nitrogens with zero attached hydrogens (tertiary/aromatic N) is 2. The number of aryl methyl sites for hydroxylation is 1. The van der Waals surface area contributed by atoms with Crippen molar-refractivity contribution in [1.82, 2.24) is 19.5 Å². The maximum atomic E-state index is 12.0. The third-order valence-electron chi connectivity index (χ3n) is 2.30. The van der Waals surface area contributed by atoms with Gasteiger partial charge in [0, 0.05) is 6.54 Å². The second-order valence-electron chi connectivity index (χ2n) is 4.29. The van der Waals surface area contributed by atoms with E-state index >= 15 is 0 Å². The van der Waals surface area contributed by atoms with Crippen molar-refractivity contribution in [3.63, 3.8) is 0 Å².